The van der Waals surface area contributed by atoms with Gasteiger partial charge < -0.3 is 24.4 Å². The smallest absolute Gasteiger partial charge is 0.258 e. The van der Waals surface area contributed by atoms with Crippen molar-refractivity contribution in [2.24, 2.45) is 0 Å². The first-order chi connectivity index (χ1) is 12.5. The third-order valence-electron chi connectivity index (χ3n) is 3.56. The van der Waals surface area contributed by atoms with Crippen LogP contribution < -0.4 is 14.8 Å². The Labute approximate surface area is 155 Å². The van der Waals surface area contributed by atoms with E-state index in [1.807, 2.05) is 27.9 Å². The number of nitrogens with one attached hydrogen (secondary N) is 1. The Balaban J connectivity index is 2.51. The first kappa shape index (κ1) is 21.7. The third-order valence-corrected chi connectivity index (χ3v) is 3.56. The van der Waals surface area contributed by atoms with Gasteiger partial charge in [0.1, 0.15) is 0 Å². The summed E-state index contributed by atoms with van der Waals surface area (Å²) >= 11 is 0. The summed E-state index contributed by atoms with van der Waals surface area (Å²) in [7, 11) is 4.01. The van der Waals surface area contributed by atoms with E-state index in [-0.39, 0.29) is 18.6 Å². The van der Waals surface area contributed by atoms with Gasteiger partial charge in [0.2, 0.25) is 0 Å². The SMILES string of the molecule is CCOc1cc(C#N)ccc1OCC(=O)NC[C@H](CCN(C)C)OCC. The Kier molecular flexibility index (Phi) is 10.1. The van der Waals surface area contributed by atoms with E-state index in [4.69, 9.17) is 19.5 Å². The van der Waals surface area contributed by atoms with Crippen molar-refractivity contribution in [2.45, 2.75) is 26.4 Å². The topological polar surface area (TPSA) is 83.8 Å². The van der Waals surface area contributed by atoms with Gasteiger partial charge in [-0.15, -0.1) is 0 Å². The van der Waals surface area contributed by atoms with Crippen LogP contribution >= 0.6 is 0 Å². The zero-order valence-corrected chi connectivity index (χ0v) is 16.1. The Morgan fingerprint density at radius 3 is 2.62 bits per heavy atom. The second-order valence-electron chi connectivity index (χ2n) is 5.97. The molecule has 0 saturated carbocycles. The molecule has 7 heteroatoms. The van der Waals surface area contributed by atoms with Crippen LogP contribution in [0.5, 0.6) is 11.5 Å². The van der Waals surface area contributed by atoms with Crippen LogP contribution in [0.15, 0.2) is 18.2 Å². The van der Waals surface area contributed by atoms with Crippen LogP contribution in [0.4, 0.5) is 0 Å². The van der Waals surface area contributed by atoms with Crippen molar-refractivity contribution in [3.8, 4) is 17.6 Å². The molecule has 0 aliphatic rings. The predicted octanol–water partition coefficient (Wildman–Crippen LogP) is 1.81. The molecular formula is C19H29N3O4. The maximum atomic E-state index is 12.1. The highest BCUT2D eigenvalue weighted by molar-refractivity contribution is 5.77. The Hall–Kier alpha value is -2.30. The molecule has 0 unspecified atom stereocenters. The summed E-state index contributed by atoms with van der Waals surface area (Å²) in [5.74, 6) is 0.666. The summed E-state index contributed by atoms with van der Waals surface area (Å²) in [5.41, 5.74) is 0.477. The number of hydrogen-bond donors (Lipinski definition) is 1. The quantitative estimate of drug-likeness (QED) is 0.610. The number of hydrogen-bond acceptors (Lipinski definition) is 6. The fraction of sp³-hybridized carbons (Fsp3) is 0.579. The van der Waals surface area contributed by atoms with E-state index in [9.17, 15) is 4.79 Å². The molecule has 1 atom stereocenters. The molecule has 1 N–H and O–H groups in total. The molecule has 7 nitrogen and oxygen atoms in total. The fourth-order valence-electron chi connectivity index (χ4n) is 2.27. The fourth-order valence-corrected chi connectivity index (χ4v) is 2.27. The summed E-state index contributed by atoms with van der Waals surface area (Å²) in [6, 6.07) is 6.91. The summed E-state index contributed by atoms with van der Waals surface area (Å²) in [6.07, 6.45) is 0.812. The minimum atomic E-state index is -0.230. The number of benzene rings is 1. The van der Waals surface area contributed by atoms with E-state index in [1.165, 1.54) is 0 Å². The van der Waals surface area contributed by atoms with Gasteiger partial charge in [0.05, 0.1) is 24.3 Å². The largest absolute Gasteiger partial charge is 0.490 e. The second-order valence-corrected chi connectivity index (χ2v) is 5.97. The van der Waals surface area contributed by atoms with Crippen LogP contribution in [0.1, 0.15) is 25.8 Å². The van der Waals surface area contributed by atoms with Gasteiger partial charge in [0.15, 0.2) is 18.1 Å². The Morgan fingerprint density at radius 1 is 1.23 bits per heavy atom. The van der Waals surface area contributed by atoms with E-state index in [2.05, 4.69) is 16.3 Å². The van der Waals surface area contributed by atoms with Crippen molar-refractivity contribution < 1.29 is 19.0 Å². The van der Waals surface area contributed by atoms with Crippen molar-refractivity contribution in [2.75, 3.05) is 47.0 Å². The summed E-state index contributed by atoms with van der Waals surface area (Å²) in [5, 5.41) is 11.8. The zero-order valence-electron chi connectivity index (χ0n) is 16.1. The number of carbonyl (C=O) groups is 1. The molecule has 0 radical (unpaired) electrons. The lowest BCUT2D eigenvalue weighted by Gasteiger charge is -2.20. The molecule has 0 fully saturated rings. The van der Waals surface area contributed by atoms with Crippen molar-refractivity contribution in [3.05, 3.63) is 23.8 Å². The van der Waals surface area contributed by atoms with Gasteiger partial charge in [-0.05, 0) is 46.5 Å². The average molecular weight is 363 g/mol. The first-order valence-electron chi connectivity index (χ1n) is 8.82. The molecule has 0 aliphatic carbocycles. The zero-order chi connectivity index (χ0) is 19.4. The normalized spacial score (nSPS) is 11.7. The molecule has 0 saturated heterocycles. The molecule has 1 rings (SSSR count). The van der Waals surface area contributed by atoms with Crippen molar-refractivity contribution in [1.82, 2.24) is 10.2 Å². The maximum Gasteiger partial charge on any atom is 0.258 e. The van der Waals surface area contributed by atoms with Gasteiger partial charge in [0.25, 0.3) is 5.91 Å². The monoisotopic (exact) mass is 363 g/mol. The van der Waals surface area contributed by atoms with Crippen LogP contribution in [0.3, 0.4) is 0 Å². The summed E-state index contributed by atoms with van der Waals surface area (Å²) in [6.45, 7) is 6.03. The molecule has 1 aromatic carbocycles. The lowest BCUT2D eigenvalue weighted by atomic mass is 10.2. The number of amides is 1. The van der Waals surface area contributed by atoms with Crippen LogP contribution in [0, 0.1) is 11.3 Å². The molecule has 0 bridgehead atoms. The highest BCUT2D eigenvalue weighted by Crippen LogP contribution is 2.28. The molecule has 0 aliphatic heterocycles. The van der Waals surface area contributed by atoms with Gasteiger partial charge in [-0.1, -0.05) is 0 Å². The van der Waals surface area contributed by atoms with Crippen LogP contribution in [0.2, 0.25) is 0 Å². The van der Waals surface area contributed by atoms with E-state index < -0.39 is 0 Å². The van der Waals surface area contributed by atoms with Gasteiger partial charge in [0, 0.05) is 25.8 Å². The number of nitrogens with zero attached hydrogens (tertiary/aromatic N) is 2. The molecular weight excluding hydrogens is 334 g/mol. The number of carbonyl (C=O) groups excluding carboxylic acids is 1. The van der Waals surface area contributed by atoms with Crippen LogP contribution in [-0.4, -0.2) is 63.9 Å². The van der Waals surface area contributed by atoms with Crippen molar-refractivity contribution >= 4 is 5.91 Å². The highest BCUT2D eigenvalue weighted by Gasteiger charge is 2.13. The van der Waals surface area contributed by atoms with E-state index in [0.717, 1.165) is 13.0 Å². The number of ether oxygens (including phenoxy) is 3. The molecule has 26 heavy (non-hydrogen) atoms. The highest BCUT2D eigenvalue weighted by atomic mass is 16.5. The molecule has 0 aromatic heterocycles. The Morgan fingerprint density at radius 2 is 2.00 bits per heavy atom. The maximum absolute atomic E-state index is 12.1. The van der Waals surface area contributed by atoms with E-state index in [1.54, 1.807) is 18.2 Å². The molecule has 144 valence electrons. The van der Waals surface area contributed by atoms with Crippen LogP contribution in [0.25, 0.3) is 0 Å². The van der Waals surface area contributed by atoms with Crippen LogP contribution in [-0.2, 0) is 9.53 Å². The minimum absolute atomic E-state index is 0.0275. The summed E-state index contributed by atoms with van der Waals surface area (Å²) < 4.78 is 16.7. The lowest BCUT2D eigenvalue weighted by molar-refractivity contribution is -0.123. The lowest BCUT2D eigenvalue weighted by Crippen LogP contribution is -2.37. The molecule has 0 heterocycles. The second kappa shape index (κ2) is 12.1. The van der Waals surface area contributed by atoms with Crippen molar-refractivity contribution in [1.29, 1.82) is 5.26 Å². The predicted molar refractivity (Wildman–Crippen MR) is 99.4 cm³/mol. The number of rotatable bonds is 12. The van der Waals surface area contributed by atoms with Gasteiger partial charge in [-0.25, -0.2) is 0 Å². The molecule has 1 amide bonds. The van der Waals surface area contributed by atoms with Gasteiger partial charge in [-0.3, -0.25) is 4.79 Å². The number of nitriles is 1. The van der Waals surface area contributed by atoms with Crippen molar-refractivity contribution in [3.63, 3.8) is 0 Å². The molecule has 0 spiro atoms. The standard InChI is InChI=1S/C19H29N3O4/c1-5-24-16(9-10-22(3)4)13-21-19(23)14-26-17-8-7-15(12-20)11-18(17)25-6-2/h7-8,11,16H,5-6,9-10,13-14H2,1-4H3,(H,21,23)/t16-/m0/s1. The first-order valence-corrected chi connectivity index (χ1v) is 8.82. The van der Waals surface area contributed by atoms with Gasteiger partial charge >= 0.3 is 0 Å². The molecule has 1 aromatic rings. The average Bonchev–Trinajstić information content (AvgIpc) is 2.63. The third kappa shape index (κ3) is 8.19. The summed E-state index contributed by atoms with van der Waals surface area (Å²) in [4.78, 5) is 14.1. The van der Waals surface area contributed by atoms with E-state index in [0.29, 0.717) is 36.8 Å². The Bertz CT molecular complexity index is 599. The van der Waals surface area contributed by atoms with E-state index >= 15 is 0 Å². The minimum Gasteiger partial charge on any atom is -0.490 e. The van der Waals surface area contributed by atoms with Gasteiger partial charge in [-0.2, -0.15) is 5.26 Å².